The molecule has 1 aliphatic heterocycles. The van der Waals surface area contributed by atoms with Gasteiger partial charge in [-0.15, -0.1) is 12.4 Å². The third-order valence-electron chi connectivity index (χ3n) is 6.06. The van der Waals surface area contributed by atoms with Gasteiger partial charge in [0, 0.05) is 51.4 Å². The minimum Gasteiger partial charge on any atom is -0.383 e. The van der Waals surface area contributed by atoms with Crippen LogP contribution in [-0.2, 0) is 15.1 Å². The number of nitrogens with two attached hydrogens (primary N) is 1. The molecule has 1 amide bonds. The zero-order valence-electron chi connectivity index (χ0n) is 15.8. The van der Waals surface area contributed by atoms with Crippen LogP contribution in [0.5, 0.6) is 0 Å². The van der Waals surface area contributed by atoms with Gasteiger partial charge in [-0.3, -0.25) is 14.7 Å². The monoisotopic (exact) mass is 383 g/mol. The molecule has 6 nitrogen and oxygen atoms in total. The molecule has 1 saturated carbocycles. The highest BCUT2D eigenvalue weighted by Crippen LogP contribution is 2.51. The summed E-state index contributed by atoms with van der Waals surface area (Å²) in [6.45, 7) is 4.91. The van der Waals surface area contributed by atoms with Crippen molar-refractivity contribution >= 4 is 18.3 Å². The lowest BCUT2D eigenvalue weighted by Gasteiger charge is -2.56. The second-order valence-electron chi connectivity index (χ2n) is 7.37. The number of methoxy groups -OCH3 is 2. The number of ether oxygens (including phenoxy) is 2. The molecule has 0 unspecified atom stereocenters. The Bertz CT molecular complexity index is 614. The third kappa shape index (κ3) is 3.60. The van der Waals surface area contributed by atoms with Crippen LogP contribution < -0.4 is 5.73 Å². The zero-order valence-corrected chi connectivity index (χ0v) is 16.6. The Balaban J connectivity index is 0.00000243. The standard InChI is InChI=1S/C19H29N3O3.ClH/c1-13(12-24-2)22-10-15-5-4-6-16(11-22)19(15,25-3)14-7-8-21-17(9-14)18(20)23;/h7-9,13,15-16H,4-6,10-12H2,1-3H3,(H2,20,23);1H/t13-,15-,16+,19+;/m0./s1. The number of nitrogens with zero attached hydrogens (tertiary/aromatic N) is 2. The lowest BCUT2D eigenvalue weighted by molar-refractivity contribution is -0.175. The van der Waals surface area contributed by atoms with Gasteiger partial charge in [0.15, 0.2) is 0 Å². The highest BCUT2D eigenvalue weighted by molar-refractivity contribution is 5.90. The lowest BCUT2D eigenvalue weighted by atomic mass is 9.62. The fourth-order valence-electron chi connectivity index (χ4n) is 4.90. The summed E-state index contributed by atoms with van der Waals surface area (Å²) < 4.78 is 11.6. The van der Waals surface area contributed by atoms with E-state index in [1.165, 1.54) is 6.42 Å². The van der Waals surface area contributed by atoms with Crippen molar-refractivity contribution in [1.29, 1.82) is 0 Å². The number of piperidine rings is 1. The zero-order chi connectivity index (χ0) is 18.0. The van der Waals surface area contributed by atoms with Gasteiger partial charge >= 0.3 is 0 Å². The first kappa shape index (κ1) is 21.1. The maximum absolute atomic E-state index is 11.6. The summed E-state index contributed by atoms with van der Waals surface area (Å²) in [5, 5.41) is 0. The van der Waals surface area contributed by atoms with E-state index in [4.69, 9.17) is 15.2 Å². The Morgan fingerprint density at radius 1 is 1.38 bits per heavy atom. The lowest BCUT2D eigenvalue weighted by Crippen LogP contribution is -2.61. The molecule has 1 aromatic rings. The van der Waals surface area contributed by atoms with Crippen molar-refractivity contribution in [2.75, 3.05) is 33.9 Å². The van der Waals surface area contributed by atoms with Crippen LogP contribution in [0.25, 0.3) is 0 Å². The summed E-state index contributed by atoms with van der Waals surface area (Å²) in [5.74, 6) is 0.268. The molecule has 1 aromatic heterocycles. The molecular weight excluding hydrogens is 354 g/mol. The predicted octanol–water partition coefficient (Wildman–Crippen LogP) is 2.21. The normalized spacial score (nSPS) is 29.7. The molecule has 0 radical (unpaired) electrons. The number of pyridine rings is 1. The largest absolute Gasteiger partial charge is 0.383 e. The number of fused-ring (bicyclic) bond motifs is 2. The molecule has 26 heavy (non-hydrogen) atoms. The average molecular weight is 384 g/mol. The second-order valence-corrected chi connectivity index (χ2v) is 7.37. The van der Waals surface area contributed by atoms with Gasteiger partial charge in [0.05, 0.1) is 6.61 Å². The Morgan fingerprint density at radius 2 is 2.04 bits per heavy atom. The Labute approximate surface area is 161 Å². The van der Waals surface area contributed by atoms with Crippen LogP contribution in [0.3, 0.4) is 0 Å². The molecule has 2 fully saturated rings. The van der Waals surface area contributed by atoms with Gasteiger partial charge in [-0.25, -0.2) is 0 Å². The van der Waals surface area contributed by atoms with E-state index < -0.39 is 5.91 Å². The Hall–Kier alpha value is -1.21. The first-order valence-corrected chi connectivity index (χ1v) is 9.07. The van der Waals surface area contributed by atoms with Gasteiger partial charge in [0.25, 0.3) is 5.91 Å². The van der Waals surface area contributed by atoms with Crippen molar-refractivity contribution in [3.63, 3.8) is 0 Å². The number of carbonyl (C=O) groups is 1. The Morgan fingerprint density at radius 3 is 2.58 bits per heavy atom. The number of hydrogen-bond acceptors (Lipinski definition) is 5. The van der Waals surface area contributed by atoms with Gasteiger partial charge in [-0.2, -0.15) is 0 Å². The average Bonchev–Trinajstić information content (AvgIpc) is 2.60. The van der Waals surface area contributed by atoms with Crippen LogP contribution in [0.2, 0.25) is 0 Å². The molecule has 4 atom stereocenters. The van der Waals surface area contributed by atoms with Crippen molar-refractivity contribution < 1.29 is 14.3 Å². The number of rotatable bonds is 6. The van der Waals surface area contributed by atoms with Gasteiger partial charge in [-0.05, 0) is 37.5 Å². The first-order chi connectivity index (χ1) is 12.0. The molecule has 2 N–H and O–H groups in total. The number of hydrogen-bond donors (Lipinski definition) is 1. The van der Waals surface area contributed by atoms with E-state index >= 15 is 0 Å². The molecule has 0 spiro atoms. The van der Waals surface area contributed by atoms with E-state index in [9.17, 15) is 4.79 Å². The summed E-state index contributed by atoms with van der Waals surface area (Å²) in [5.41, 5.74) is 6.42. The molecule has 0 aromatic carbocycles. The second kappa shape index (κ2) is 8.65. The molecule has 146 valence electrons. The van der Waals surface area contributed by atoms with E-state index in [0.29, 0.717) is 23.6 Å². The van der Waals surface area contributed by atoms with Crippen molar-refractivity contribution in [3.05, 3.63) is 29.6 Å². The van der Waals surface area contributed by atoms with Gasteiger partial charge in [0.2, 0.25) is 0 Å². The van der Waals surface area contributed by atoms with Crippen molar-refractivity contribution in [2.45, 2.75) is 37.8 Å². The molecule has 3 rings (SSSR count). The summed E-state index contributed by atoms with van der Waals surface area (Å²) in [6, 6.07) is 4.20. The number of amides is 1. The topological polar surface area (TPSA) is 77.7 Å². The van der Waals surface area contributed by atoms with E-state index in [2.05, 4.69) is 16.8 Å². The van der Waals surface area contributed by atoms with E-state index in [1.54, 1.807) is 20.4 Å². The molecule has 2 heterocycles. The van der Waals surface area contributed by atoms with Gasteiger partial charge in [0.1, 0.15) is 11.3 Å². The fraction of sp³-hybridized carbons (Fsp3) is 0.684. The highest BCUT2D eigenvalue weighted by Gasteiger charge is 2.53. The first-order valence-electron chi connectivity index (χ1n) is 9.07. The smallest absolute Gasteiger partial charge is 0.267 e. The van der Waals surface area contributed by atoms with E-state index in [0.717, 1.165) is 38.1 Å². The van der Waals surface area contributed by atoms with Crippen molar-refractivity contribution in [3.8, 4) is 0 Å². The van der Waals surface area contributed by atoms with E-state index in [1.807, 2.05) is 12.1 Å². The van der Waals surface area contributed by atoms with Crippen LogP contribution >= 0.6 is 12.4 Å². The highest BCUT2D eigenvalue weighted by atomic mass is 35.5. The summed E-state index contributed by atoms with van der Waals surface area (Å²) in [7, 11) is 3.55. The molecule has 7 heteroatoms. The van der Waals surface area contributed by atoms with Gasteiger partial charge in [-0.1, -0.05) is 6.42 Å². The number of carbonyl (C=O) groups excluding carboxylic acids is 1. The Kier molecular flexibility index (Phi) is 7.02. The maximum Gasteiger partial charge on any atom is 0.267 e. The molecule has 2 bridgehead atoms. The third-order valence-corrected chi connectivity index (χ3v) is 6.06. The number of primary amides is 1. The van der Waals surface area contributed by atoms with E-state index in [-0.39, 0.29) is 18.0 Å². The molecule has 1 aliphatic carbocycles. The number of likely N-dealkylation sites (tertiary alicyclic amines) is 1. The molecule has 2 aliphatic rings. The summed E-state index contributed by atoms with van der Waals surface area (Å²) in [6.07, 6.45) is 5.14. The van der Waals surface area contributed by atoms with Crippen molar-refractivity contribution in [2.24, 2.45) is 17.6 Å². The van der Waals surface area contributed by atoms with Crippen LogP contribution in [0.4, 0.5) is 0 Å². The minimum absolute atomic E-state index is 0. The fourth-order valence-corrected chi connectivity index (χ4v) is 4.90. The summed E-state index contributed by atoms with van der Waals surface area (Å²) >= 11 is 0. The van der Waals surface area contributed by atoms with Crippen LogP contribution in [-0.4, -0.2) is 55.7 Å². The van der Waals surface area contributed by atoms with Crippen LogP contribution in [0.15, 0.2) is 18.3 Å². The van der Waals surface area contributed by atoms with Crippen LogP contribution in [0, 0.1) is 11.8 Å². The van der Waals surface area contributed by atoms with Crippen molar-refractivity contribution in [1.82, 2.24) is 9.88 Å². The van der Waals surface area contributed by atoms with Gasteiger partial charge < -0.3 is 15.2 Å². The minimum atomic E-state index is -0.496. The SMILES string of the molecule is COC[C@H](C)N1C[C@H]2CCC[C@@H](C1)[C@]2(OC)c1ccnc(C(N)=O)c1.Cl. The number of halogens is 1. The number of aromatic nitrogens is 1. The molecule has 1 saturated heterocycles. The van der Waals surface area contributed by atoms with Crippen LogP contribution in [0.1, 0.15) is 42.2 Å². The summed E-state index contributed by atoms with van der Waals surface area (Å²) in [4.78, 5) is 18.2. The maximum atomic E-state index is 11.6. The molecular formula is C19H30ClN3O3. The predicted molar refractivity (Wildman–Crippen MR) is 102 cm³/mol. The quantitative estimate of drug-likeness (QED) is 0.814.